The fourth-order valence-electron chi connectivity index (χ4n) is 3.99. The third kappa shape index (κ3) is 38.4. The van der Waals surface area contributed by atoms with Gasteiger partial charge in [-0.25, -0.2) is 4.79 Å². The molecular formula is C31H62N2O6. The molecule has 4 N–H and O–H groups in total. The number of hydrogen-bond acceptors (Lipinski definition) is 6. The highest BCUT2D eigenvalue weighted by Gasteiger charge is 2.03. The summed E-state index contributed by atoms with van der Waals surface area (Å²) < 4.78 is 10.3. The molecule has 0 saturated heterocycles. The van der Waals surface area contributed by atoms with Crippen LogP contribution in [-0.4, -0.2) is 49.4 Å². The van der Waals surface area contributed by atoms with Gasteiger partial charge in [-0.05, 0) is 45.1 Å². The number of unbranched alkanes of at least 4 members (excludes halogenated alkanes) is 16. The molecule has 0 aromatic heterocycles. The molecule has 232 valence electrons. The lowest BCUT2D eigenvalue weighted by Gasteiger charge is -2.05. The average molecular weight is 559 g/mol. The molecule has 0 spiro atoms. The Morgan fingerprint density at radius 2 is 0.949 bits per heavy atom. The molecule has 0 rings (SSSR count). The van der Waals surface area contributed by atoms with E-state index in [0.717, 1.165) is 57.8 Å². The first-order valence-corrected chi connectivity index (χ1v) is 16.0. The molecule has 0 aromatic carbocycles. The summed E-state index contributed by atoms with van der Waals surface area (Å²) in [5.41, 5.74) is 5.39. The highest BCUT2D eigenvalue weighted by molar-refractivity contribution is 5.69. The minimum absolute atomic E-state index is 0.0435. The second kappa shape index (κ2) is 34.2. The van der Waals surface area contributed by atoms with Gasteiger partial charge in [0.15, 0.2) is 0 Å². The van der Waals surface area contributed by atoms with Crippen LogP contribution in [0.25, 0.3) is 0 Å². The number of ether oxygens (including phenoxy) is 2. The van der Waals surface area contributed by atoms with E-state index >= 15 is 0 Å². The fraction of sp³-hybridized carbons (Fsp3) is 0.903. The molecule has 0 aliphatic carbocycles. The molecular weight excluding hydrogens is 496 g/mol. The van der Waals surface area contributed by atoms with Crippen molar-refractivity contribution < 1.29 is 29.0 Å². The smallest absolute Gasteiger partial charge is 0.404 e. The first-order chi connectivity index (χ1) is 19.0. The van der Waals surface area contributed by atoms with Crippen molar-refractivity contribution in [3.8, 4) is 0 Å². The number of hydrogen-bond donors (Lipinski definition) is 3. The van der Waals surface area contributed by atoms with Crippen LogP contribution in [0.1, 0.15) is 155 Å². The molecule has 39 heavy (non-hydrogen) atoms. The molecule has 0 atom stereocenters. The summed E-state index contributed by atoms with van der Waals surface area (Å²) in [5.74, 6) is -0.176. The lowest BCUT2D eigenvalue weighted by atomic mass is 10.1. The van der Waals surface area contributed by atoms with E-state index in [1.54, 1.807) is 0 Å². The highest BCUT2D eigenvalue weighted by Crippen LogP contribution is 2.09. The van der Waals surface area contributed by atoms with E-state index in [9.17, 15) is 14.4 Å². The Kier molecular flexibility index (Phi) is 34.5. The standard InChI is InChI=1S/C16H31NO4.C15H31NO2/c1-2-3-4-5-6-7-11-14-21-15(18)12-9-8-10-13-17-16(19)20;1-2-3-4-5-6-7-11-14-18-15(17)12-9-8-10-13-16/h17H,2-14H2,1H3,(H,19,20);2-14,16H2,1H3. The third-order valence-corrected chi connectivity index (χ3v) is 6.44. The Bertz CT molecular complexity index is 545. The fourth-order valence-corrected chi connectivity index (χ4v) is 3.99. The summed E-state index contributed by atoms with van der Waals surface area (Å²) in [7, 11) is 0. The maximum absolute atomic E-state index is 11.4. The van der Waals surface area contributed by atoms with Crippen molar-refractivity contribution in [3.05, 3.63) is 0 Å². The first kappa shape index (κ1) is 39.3. The van der Waals surface area contributed by atoms with E-state index in [0.29, 0.717) is 39.1 Å². The lowest BCUT2D eigenvalue weighted by Crippen LogP contribution is -2.21. The summed E-state index contributed by atoms with van der Waals surface area (Å²) in [6.07, 6.45) is 22.6. The Labute approximate surface area is 239 Å². The van der Waals surface area contributed by atoms with Gasteiger partial charge in [-0.2, -0.15) is 0 Å². The van der Waals surface area contributed by atoms with Gasteiger partial charge in [0, 0.05) is 19.4 Å². The van der Waals surface area contributed by atoms with Crippen molar-refractivity contribution in [2.75, 3.05) is 26.3 Å². The number of amides is 1. The molecule has 1 amide bonds. The molecule has 8 nitrogen and oxygen atoms in total. The summed E-state index contributed by atoms with van der Waals surface area (Å²) in [6.45, 7) is 6.74. The largest absolute Gasteiger partial charge is 0.466 e. The van der Waals surface area contributed by atoms with Crippen LogP contribution < -0.4 is 11.1 Å². The van der Waals surface area contributed by atoms with Gasteiger partial charge in [-0.1, -0.05) is 104 Å². The lowest BCUT2D eigenvalue weighted by molar-refractivity contribution is -0.144. The van der Waals surface area contributed by atoms with Gasteiger partial charge in [-0.3, -0.25) is 9.59 Å². The third-order valence-electron chi connectivity index (χ3n) is 6.44. The Morgan fingerprint density at radius 1 is 0.564 bits per heavy atom. The molecule has 0 aliphatic heterocycles. The zero-order valence-corrected chi connectivity index (χ0v) is 25.5. The van der Waals surface area contributed by atoms with Crippen molar-refractivity contribution in [3.63, 3.8) is 0 Å². The molecule has 0 radical (unpaired) electrons. The number of carbonyl (C=O) groups is 3. The Morgan fingerprint density at radius 3 is 1.36 bits per heavy atom. The quantitative estimate of drug-likeness (QED) is 0.0690. The van der Waals surface area contributed by atoms with Gasteiger partial charge in [0.2, 0.25) is 0 Å². The van der Waals surface area contributed by atoms with E-state index < -0.39 is 6.09 Å². The molecule has 8 heteroatoms. The maximum atomic E-state index is 11.4. The van der Waals surface area contributed by atoms with Gasteiger partial charge in [0.1, 0.15) is 0 Å². The van der Waals surface area contributed by atoms with Gasteiger partial charge >= 0.3 is 18.0 Å². The summed E-state index contributed by atoms with van der Waals surface area (Å²) in [4.78, 5) is 33.0. The molecule has 0 fully saturated rings. The predicted molar refractivity (Wildman–Crippen MR) is 160 cm³/mol. The maximum Gasteiger partial charge on any atom is 0.404 e. The number of nitrogens with two attached hydrogens (primary N) is 1. The van der Waals surface area contributed by atoms with Crippen LogP contribution in [-0.2, 0) is 19.1 Å². The van der Waals surface area contributed by atoms with Crippen LogP contribution in [0.2, 0.25) is 0 Å². The molecule has 0 saturated carbocycles. The number of carbonyl (C=O) groups excluding carboxylic acids is 2. The van der Waals surface area contributed by atoms with E-state index in [2.05, 4.69) is 19.2 Å². The van der Waals surface area contributed by atoms with Crippen LogP contribution in [0.3, 0.4) is 0 Å². The second-order valence-electron chi connectivity index (χ2n) is 10.3. The Hall–Kier alpha value is -1.83. The van der Waals surface area contributed by atoms with E-state index in [1.165, 1.54) is 70.6 Å². The zero-order chi connectivity index (χ0) is 29.2. The minimum Gasteiger partial charge on any atom is -0.466 e. The minimum atomic E-state index is -0.996. The van der Waals surface area contributed by atoms with Crippen molar-refractivity contribution in [1.29, 1.82) is 0 Å². The first-order valence-electron chi connectivity index (χ1n) is 16.0. The monoisotopic (exact) mass is 558 g/mol. The van der Waals surface area contributed by atoms with Crippen LogP contribution in [0.4, 0.5) is 4.79 Å². The van der Waals surface area contributed by atoms with Crippen molar-refractivity contribution >= 4 is 18.0 Å². The van der Waals surface area contributed by atoms with Crippen molar-refractivity contribution in [1.82, 2.24) is 5.32 Å². The average Bonchev–Trinajstić information content (AvgIpc) is 2.92. The van der Waals surface area contributed by atoms with Crippen LogP contribution in [0.15, 0.2) is 0 Å². The molecule has 0 bridgehead atoms. The highest BCUT2D eigenvalue weighted by atomic mass is 16.5. The van der Waals surface area contributed by atoms with E-state index in [1.807, 2.05) is 0 Å². The summed E-state index contributed by atoms with van der Waals surface area (Å²) >= 11 is 0. The van der Waals surface area contributed by atoms with Gasteiger partial charge < -0.3 is 25.6 Å². The molecule has 0 heterocycles. The van der Waals surface area contributed by atoms with E-state index in [4.69, 9.17) is 20.3 Å². The van der Waals surface area contributed by atoms with Gasteiger partial charge in [0.25, 0.3) is 0 Å². The predicted octanol–water partition coefficient (Wildman–Crippen LogP) is 7.91. The Balaban J connectivity index is 0. The van der Waals surface area contributed by atoms with E-state index in [-0.39, 0.29) is 11.9 Å². The summed E-state index contributed by atoms with van der Waals surface area (Å²) in [6, 6.07) is 0. The van der Waals surface area contributed by atoms with Gasteiger partial charge in [0.05, 0.1) is 13.2 Å². The van der Waals surface area contributed by atoms with Crippen molar-refractivity contribution in [2.24, 2.45) is 5.73 Å². The molecule has 0 unspecified atom stereocenters. The number of esters is 2. The zero-order valence-electron chi connectivity index (χ0n) is 25.5. The normalized spacial score (nSPS) is 10.4. The molecule has 0 aromatic rings. The second-order valence-corrected chi connectivity index (χ2v) is 10.3. The number of nitrogens with one attached hydrogen (secondary N) is 1. The molecule has 0 aliphatic rings. The van der Waals surface area contributed by atoms with Crippen molar-refractivity contribution in [2.45, 2.75) is 155 Å². The van der Waals surface area contributed by atoms with Crippen LogP contribution >= 0.6 is 0 Å². The topological polar surface area (TPSA) is 128 Å². The SMILES string of the molecule is CCCCCCCCCOC(=O)CCCCCN.CCCCCCCCCOC(=O)CCCCCNC(=O)O. The van der Waals surface area contributed by atoms with Gasteiger partial charge in [-0.15, -0.1) is 0 Å². The summed E-state index contributed by atoms with van der Waals surface area (Å²) in [5, 5.41) is 10.7. The number of carboxylic acid groups (broad SMARTS) is 1. The van der Waals surface area contributed by atoms with Crippen LogP contribution in [0.5, 0.6) is 0 Å². The van der Waals surface area contributed by atoms with Crippen LogP contribution in [0, 0.1) is 0 Å². The number of rotatable bonds is 27.